The average Bonchev–Trinajstić information content (AvgIpc) is 2.64. The van der Waals surface area contributed by atoms with Gasteiger partial charge in [0.1, 0.15) is 0 Å². The average molecular weight is 263 g/mol. The molecule has 19 heavy (non-hydrogen) atoms. The molecule has 1 saturated carbocycles. The van der Waals surface area contributed by atoms with Gasteiger partial charge in [0.25, 0.3) is 0 Å². The van der Waals surface area contributed by atoms with Crippen LogP contribution >= 0.6 is 0 Å². The molecule has 0 saturated heterocycles. The summed E-state index contributed by atoms with van der Waals surface area (Å²) in [4.78, 5) is 0. The van der Waals surface area contributed by atoms with Crippen molar-refractivity contribution in [1.29, 1.82) is 0 Å². The van der Waals surface area contributed by atoms with Crippen LogP contribution in [-0.4, -0.2) is 22.4 Å². The molecular weight excluding hydrogens is 234 g/mol. The summed E-state index contributed by atoms with van der Waals surface area (Å²) < 4.78 is 2.17. The van der Waals surface area contributed by atoms with Gasteiger partial charge >= 0.3 is 0 Å². The van der Waals surface area contributed by atoms with Crippen molar-refractivity contribution in [2.24, 2.45) is 5.92 Å². The van der Waals surface area contributed by atoms with Crippen LogP contribution < -0.4 is 5.32 Å². The maximum Gasteiger partial charge on any atom is 0.0628 e. The summed E-state index contributed by atoms with van der Waals surface area (Å²) in [6.07, 6.45) is 6.58. The Kier molecular flexibility index (Phi) is 5.03. The van der Waals surface area contributed by atoms with Crippen molar-refractivity contribution in [1.82, 2.24) is 15.1 Å². The second-order valence-corrected chi connectivity index (χ2v) is 6.15. The summed E-state index contributed by atoms with van der Waals surface area (Å²) in [5.41, 5.74) is 3.97. The summed E-state index contributed by atoms with van der Waals surface area (Å²) >= 11 is 0. The van der Waals surface area contributed by atoms with Crippen molar-refractivity contribution in [3.63, 3.8) is 0 Å². The third-order valence-electron chi connectivity index (χ3n) is 4.58. The standard InChI is InChI=1S/C16H29N3/c1-5-16-13(3)18-19(14(16)4)10-9-17-15-8-6-7-12(2)11-15/h12,15,17H,5-11H2,1-4H3. The normalized spacial score (nSPS) is 23.8. The summed E-state index contributed by atoms with van der Waals surface area (Å²) in [7, 11) is 0. The Morgan fingerprint density at radius 2 is 2.11 bits per heavy atom. The van der Waals surface area contributed by atoms with Crippen LogP contribution in [0.3, 0.4) is 0 Å². The van der Waals surface area contributed by atoms with Gasteiger partial charge in [0, 0.05) is 18.3 Å². The zero-order valence-electron chi connectivity index (χ0n) is 13.0. The first-order chi connectivity index (χ1) is 9.11. The maximum absolute atomic E-state index is 4.66. The van der Waals surface area contributed by atoms with Crippen LogP contribution in [0.2, 0.25) is 0 Å². The fourth-order valence-corrected chi connectivity index (χ4v) is 3.46. The van der Waals surface area contributed by atoms with E-state index in [4.69, 9.17) is 0 Å². The molecule has 0 aromatic carbocycles. The molecule has 0 bridgehead atoms. The maximum atomic E-state index is 4.66. The fraction of sp³-hybridized carbons (Fsp3) is 0.812. The van der Waals surface area contributed by atoms with E-state index < -0.39 is 0 Å². The number of rotatable bonds is 5. The fourth-order valence-electron chi connectivity index (χ4n) is 3.46. The number of hydrogen-bond acceptors (Lipinski definition) is 2. The van der Waals surface area contributed by atoms with Gasteiger partial charge in [-0.15, -0.1) is 0 Å². The number of hydrogen-bond donors (Lipinski definition) is 1. The van der Waals surface area contributed by atoms with E-state index in [1.165, 1.54) is 42.6 Å². The molecule has 1 aromatic rings. The first-order valence-electron chi connectivity index (χ1n) is 7.88. The second kappa shape index (κ2) is 6.56. The van der Waals surface area contributed by atoms with Crippen LogP contribution in [0, 0.1) is 19.8 Å². The van der Waals surface area contributed by atoms with Gasteiger partial charge in [-0.25, -0.2) is 0 Å². The first kappa shape index (κ1) is 14.6. The summed E-state index contributed by atoms with van der Waals surface area (Å²) in [6, 6.07) is 0.728. The molecule has 1 aromatic heterocycles. The van der Waals surface area contributed by atoms with Crippen LogP contribution in [-0.2, 0) is 13.0 Å². The van der Waals surface area contributed by atoms with Gasteiger partial charge < -0.3 is 5.32 Å². The highest BCUT2D eigenvalue weighted by atomic mass is 15.3. The van der Waals surface area contributed by atoms with Gasteiger partial charge in [-0.2, -0.15) is 5.10 Å². The molecule has 0 aliphatic heterocycles. The van der Waals surface area contributed by atoms with Crippen molar-refractivity contribution in [3.8, 4) is 0 Å². The molecule has 1 fully saturated rings. The highest BCUT2D eigenvalue weighted by molar-refractivity contribution is 5.24. The molecule has 1 N–H and O–H groups in total. The highest BCUT2D eigenvalue weighted by Crippen LogP contribution is 2.23. The molecule has 3 heteroatoms. The monoisotopic (exact) mass is 263 g/mol. The third kappa shape index (κ3) is 3.59. The van der Waals surface area contributed by atoms with Crippen LogP contribution in [0.1, 0.15) is 56.5 Å². The smallest absolute Gasteiger partial charge is 0.0628 e. The zero-order valence-corrected chi connectivity index (χ0v) is 13.0. The quantitative estimate of drug-likeness (QED) is 0.884. The van der Waals surface area contributed by atoms with Crippen molar-refractivity contribution in [3.05, 3.63) is 17.0 Å². The van der Waals surface area contributed by atoms with Crippen LogP contribution in [0.25, 0.3) is 0 Å². The molecule has 3 nitrogen and oxygen atoms in total. The van der Waals surface area contributed by atoms with E-state index in [1.807, 2.05) is 0 Å². The Labute approximate surface area is 117 Å². The summed E-state index contributed by atoms with van der Waals surface area (Å²) in [6.45, 7) is 10.9. The van der Waals surface area contributed by atoms with E-state index in [9.17, 15) is 0 Å². The molecule has 108 valence electrons. The Balaban J connectivity index is 1.82. The molecule has 2 atom stereocenters. The van der Waals surface area contributed by atoms with E-state index in [1.54, 1.807) is 0 Å². The second-order valence-electron chi connectivity index (χ2n) is 6.15. The van der Waals surface area contributed by atoms with Gasteiger partial charge in [0.2, 0.25) is 0 Å². The number of aromatic nitrogens is 2. The molecule has 1 aliphatic rings. The summed E-state index contributed by atoms with van der Waals surface area (Å²) in [5.74, 6) is 0.895. The molecule has 2 rings (SSSR count). The van der Waals surface area contributed by atoms with Crippen molar-refractivity contribution in [2.75, 3.05) is 6.54 Å². The zero-order chi connectivity index (χ0) is 13.8. The van der Waals surface area contributed by atoms with Crippen LogP contribution in [0.5, 0.6) is 0 Å². The van der Waals surface area contributed by atoms with E-state index in [2.05, 4.69) is 42.8 Å². The lowest BCUT2D eigenvalue weighted by Gasteiger charge is -2.27. The summed E-state index contributed by atoms with van der Waals surface area (Å²) in [5, 5.41) is 8.37. The number of nitrogens with one attached hydrogen (secondary N) is 1. The topological polar surface area (TPSA) is 29.9 Å². The molecule has 0 spiro atoms. The Morgan fingerprint density at radius 3 is 2.74 bits per heavy atom. The Morgan fingerprint density at radius 1 is 1.32 bits per heavy atom. The Bertz CT molecular complexity index is 408. The van der Waals surface area contributed by atoms with Gasteiger partial charge in [-0.3, -0.25) is 4.68 Å². The SMILES string of the molecule is CCc1c(C)nn(CCNC2CCCC(C)C2)c1C. The van der Waals surface area contributed by atoms with Crippen LogP contribution in [0.15, 0.2) is 0 Å². The molecule has 0 radical (unpaired) electrons. The predicted octanol–water partition coefficient (Wildman–Crippen LogP) is 3.23. The molecule has 0 amide bonds. The van der Waals surface area contributed by atoms with E-state index in [-0.39, 0.29) is 0 Å². The van der Waals surface area contributed by atoms with Crippen molar-refractivity contribution < 1.29 is 0 Å². The minimum Gasteiger partial charge on any atom is -0.312 e. The van der Waals surface area contributed by atoms with Crippen LogP contribution in [0.4, 0.5) is 0 Å². The lowest BCUT2D eigenvalue weighted by atomic mass is 9.87. The first-order valence-corrected chi connectivity index (χ1v) is 7.88. The highest BCUT2D eigenvalue weighted by Gasteiger charge is 2.18. The molecule has 1 aliphatic carbocycles. The number of nitrogens with zero attached hydrogens (tertiary/aromatic N) is 2. The molecule has 2 unspecified atom stereocenters. The third-order valence-corrected chi connectivity index (χ3v) is 4.58. The largest absolute Gasteiger partial charge is 0.312 e. The predicted molar refractivity (Wildman–Crippen MR) is 80.5 cm³/mol. The van der Waals surface area contributed by atoms with Gasteiger partial charge in [-0.1, -0.05) is 26.7 Å². The molecular formula is C16H29N3. The van der Waals surface area contributed by atoms with E-state index in [0.717, 1.165) is 31.5 Å². The van der Waals surface area contributed by atoms with Crippen molar-refractivity contribution >= 4 is 0 Å². The number of aryl methyl sites for hydroxylation is 1. The Hall–Kier alpha value is -0.830. The van der Waals surface area contributed by atoms with Gasteiger partial charge in [-0.05, 0) is 44.6 Å². The molecule has 1 heterocycles. The lowest BCUT2D eigenvalue weighted by Crippen LogP contribution is -2.35. The van der Waals surface area contributed by atoms with E-state index in [0.29, 0.717) is 0 Å². The minimum atomic E-state index is 0.728. The van der Waals surface area contributed by atoms with Crippen molar-refractivity contribution in [2.45, 2.75) is 72.4 Å². The van der Waals surface area contributed by atoms with E-state index >= 15 is 0 Å². The van der Waals surface area contributed by atoms with Gasteiger partial charge in [0.05, 0.1) is 12.2 Å². The minimum absolute atomic E-state index is 0.728. The lowest BCUT2D eigenvalue weighted by molar-refractivity contribution is 0.297. The van der Waals surface area contributed by atoms with Gasteiger partial charge in [0.15, 0.2) is 0 Å².